The van der Waals surface area contributed by atoms with Crippen LogP contribution in [0.25, 0.3) is 5.69 Å². The van der Waals surface area contributed by atoms with Crippen LogP contribution in [0.1, 0.15) is 35.9 Å². The first-order valence-corrected chi connectivity index (χ1v) is 11.3. The molecule has 0 aliphatic carbocycles. The molecule has 8 nitrogen and oxygen atoms in total. The number of nitrogens with zero attached hydrogens (tertiary/aromatic N) is 4. The Kier molecular flexibility index (Phi) is 6.81. The summed E-state index contributed by atoms with van der Waals surface area (Å²) in [4.78, 5) is 16.8. The second kappa shape index (κ2) is 9.36. The zero-order chi connectivity index (χ0) is 22.6. The van der Waals surface area contributed by atoms with Gasteiger partial charge in [-0.15, -0.1) is 5.10 Å². The predicted molar refractivity (Wildman–Crippen MR) is 114 cm³/mol. The van der Waals surface area contributed by atoms with Gasteiger partial charge in [-0.25, -0.2) is 22.5 Å². The number of halogens is 1. The van der Waals surface area contributed by atoms with Gasteiger partial charge in [0.05, 0.1) is 10.6 Å². The number of rotatable bonds is 8. The molecule has 1 N–H and O–H groups in total. The SMILES string of the molecule is CCN(CC)S(=O)(=O)c1ccc(CNC(=O)c2nc(C)n(-c3ccc(F)cc3)n2)cc1. The number of carbonyl (C=O) groups is 1. The van der Waals surface area contributed by atoms with E-state index in [1.807, 2.05) is 0 Å². The van der Waals surface area contributed by atoms with E-state index in [1.165, 1.54) is 33.3 Å². The topological polar surface area (TPSA) is 97.2 Å². The van der Waals surface area contributed by atoms with Gasteiger partial charge in [0.25, 0.3) is 5.91 Å². The lowest BCUT2D eigenvalue weighted by molar-refractivity contribution is 0.0940. The third-order valence-electron chi connectivity index (χ3n) is 4.76. The average molecular weight is 446 g/mol. The number of hydrogen-bond donors (Lipinski definition) is 1. The van der Waals surface area contributed by atoms with Crippen LogP contribution in [0.3, 0.4) is 0 Å². The maximum Gasteiger partial charge on any atom is 0.291 e. The molecule has 10 heteroatoms. The van der Waals surface area contributed by atoms with Gasteiger partial charge in [-0.3, -0.25) is 4.79 Å². The molecule has 2 aromatic carbocycles. The van der Waals surface area contributed by atoms with Crippen LogP contribution in [-0.2, 0) is 16.6 Å². The van der Waals surface area contributed by atoms with Gasteiger partial charge in [-0.2, -0.15) is 4.31 Å². The summed E-state index contributed by atoms with van der Waals surface area (Å²) in [6, 6.07) is 12.1. The van der Waals surface area contributed by atoms with E-state index < -0.39 is 15.9 Å². The van der Waals surface area contributed by atoms with Crippen molar-refractivity contribution in [3.8, 4) is 5.69 Å². The van der Waals surface area contributed by atoms with Crippen LogP contribution < -0.4 is 5.32 Å². The Morgan fingerprint density at radius 3 is 2.26 bits per heavy atom. The molecule has 0 radical (unpaired) electrons. The summed E-state index contributed by atoms with van der Waals surface area (Å²) in [5.41, 5.74) is 1.33. The molecular formula is C21H24FN5O3S. The zero-order valence-corrected chi connectivity index (χ0v) is 18.4. The Morgan fingerprint density at radius 2 is 1.68 bits per heavy atom. The standard InChI is InChI=1S/C21H24FN5O3S/c1-4-26(5-2)31(29,30)19-12-6-16(7-13-19)14-23-21(28)20-24-15(3)27(25-20)18-10-8-17(22)9-11-18/h6-13H,4-5,14H2,1-3H3,(H,23,28). The second-order valence-electron chi connectivity index (χ2n) is 6.79. The van der Waals surface area contributed by atoms with Crippen LogP contribution in [0, 0.1) is 12.7 Å². The molecule has 31 heavy (non-hydrogen) atoms. The van der Waals surface area contributed by atoms with E-state index in [2.05, 4.69) is 15.4 Å². The van der Waals surface area contributed by atoms with E-state index in [4.69, 9.17) is 0 Å². The van der Waals surface area contributed by atoms with Gasteiger partial charge in [0.1, 0.15) is 11.6 Å². The van der Waals surface area contributed by atoms with E-state index in [1.54, 1.807) is 45.0 Å². The van der Waals surface area contributed by atoms with Crippen molar-refractivity contribution < 1.29 is 17.6 Å². The molecule has 0 unspecified atom stereocenters. The molecule has 3 aromatic rings. The fourth-order valence-corrected chi connectivity index (χ4v) is 4.52. The summed E-state index contributed by atoms with van der Waals surface area (Å²) in [5, 5.41) is 6.92. The monoisotopic (exact) mass is 445 g/mol. The Bertz CT molecular complexity index is 1150. The lowest BCUT2D eigenvalue weighted by atomic mass is 10.2. The van der Waals surface area contributed by atoms with Crippen molar-refractivity contribution in [2.24, 2.45) is 0 Å². The normalized spacial score (nSPS) is 11.6. The van der Waals surface area contributed by atoms with Gasteiger partial charge in [0.15, 0.2) is 0 Å². The molecule has 1 amide bonds. The van der Waals surface area contributed by atoms with Gasteiger partial charge in [-0.1, -0.05) is 26.0 Å². The molecular weight excluding hydrogens is 421 g/mol. The number of carbonyl (C=O) groups excluding carboxylic acids is 1. The maximum absolute atomic E-state index is 13.1. The van der Waals surface area contributed by atoms with Crippen molar-refractivity contribution >= 4 is 15.9 Å². The van der Waals surface area contributed by atoms with Crippen molar-refractivity contribution in [3.63, 3.8) is 0 Å². The number of aromatic nitrogens is 3. The van der Waals surface area contributed by atoms with Crippen LogP contribution in [0.4, 0.5) is 4.39 Å². The fourth-order valence-electron chi connectivity index (χ4n) is 3.07. The van der Waals surface area contributed by atoms with E-state index >= 15 is 0 Å². The largest absolute Gasteiger partial charge is 0.345 e. The lowest BCUT2D eigenvalue weighted by Gasteiger charge is -2.18. The minimum absolute atomic E-state index is 0.0115. The van der Waals surface area contributed by atoms with E-state index in [0.29, 0.717) is 24.6 Å². The highest BCUT2D eigenvalue weighted by Crippen LogP contribution is 2.16. The van der Waals surface area contributed by atoms with E-state index in [-0.39, 0.29) is 23.1 Å². The third kappa shape index (κ3) is 4.97. The molecule has 0 atom stereocenters. The Labute approximate surface area is 180 Å². The van der Waals surface area contributed by atoms with Crippen LogP contribution in [0.15, 0.2) is 53.4 Å². The van der Waals surface area contributed by atoms with Gasteiger partial charge in [-0.05, 0) is 48.9 Å². The summed E-state index contributed by atoms with van der Waals surface area (Å²) < 4.78 is 41.0. The first-order valence-electron chi connectivity index (χ1n) is 9.83. The first kappa shape index (κ1) is 22.6. The minimum atomic E-state index is -3.52. The number of nitrogens with one attached hydrogen (secondary N) is 1. The minimum Gasteiger partial charge on any atom is -0.345 e. The van der Waals surface area contributed by atoms with E-state index in [9.17, 15) is 17.6 Å². The molecule has 0 saturated heterocycles. The first-order chi connectivity index (χ1) is 14.8. The summed E-state index contributed by atoms with van der Waals surface area (Å²) in [6.07, 6.45) is 0. The van der Waals surface area contributed by atoms with Crippen molar-refractivity contribution in [2.45, 2.75) is 32.2 Å². The Morgan fingerprint density at radius 1 is 1.06 bits per heavy atom. The smallest absolute Gasteiger partial charge is 0.291 e. The molecule has 0 aliphatic rings. The van der Waals surface area contributed by atoms with Crippen LogP contribution in [0.2, 0.25) is 0 Å². The molecule has 0 spiro atoms. The number of sulfonamides is 1. The Balaban J connectivity index is 1.67. The quantitative estimate of drug-likeness (QED) is 0.575. The van der Waals surface area contributed by atoms with Crippen LogP contribution in [0.5, 0.6) is 0 Å². The average Bonchev–Trinajstić information content (AvgIpc) is 3.15. The van der Waals surface area contributed by atoms with Crippen molar-refractivity contribution in [1.82, 2.24) is 24.4 Å². The number of amides is 1. The summed E-state index contributed by atoms with van der Waals surface area (Å²) in [5.74, 6) is -0.357. The number of benzene rings is 2. The second-order valence-corrected chi connectivity index (χ2v) is 8.72. The van der Waals surface area contributed by atoms with E-state index in [0.717, 1.165) is 5.56 Å². The molecule has 0 saturated carbocycles. The number of aryl methyl sites for hydroxylation is 1. The number of hydrogen-bond acceptors (Lipinski definition) is 5. The highest BCUT2D eigenvalue weighted by molar-refractivity contribution is 7.89. The molecule has 0 fully saturated rings. The summed E-state index contributed by atoms with van der Waals surface area (Å²) >= 11 is 0. The van der Waals surface area contributed by atoms with Gasteiger partial charge in [0.2, 0.25) is 15.8 Å². The molecule has 0 aliphatic heterocycles. The van der Waals surface area contributed by atoms with Crippen molar-refractivity contribution in [2.75, 3.05) is 13.1 Å². The summed E-state index contributed by atoms with van der Waals surface area (Å²) in [6.45, 7) is 6.26. The highest BCUT2D eigenvalue weighted by atomic mass is 32.2. The summed E-state index contributed by atoms with van der Waals surface area (Å²) in [7, 11) is -3.52. The van der Waals surface area contributed by atoms with Gasteiger partial charge >= 0.3 is 0 Å². The van der Waals surface area contributed by atoms with Crippen molar-refractivity contribution in [1.29, 1.82) is 0 Å². The maximum atomic E-state index is 13.1. The lowest BCUT2D eigenvalue weighted by Crippen LogP contribution is -2.30. The van der Waals surface area contributed by atoms with Crippen molar-refractivity contribution in [3.05, 3.63) is 71.6 Å². The molecule has 0 bridgehead atoms. The molecule has 164 valence electrons. The van der Waals surface area contributed by atoms with Gasteiger partial charge < -0.3 is 5.32 Å². The van der Waals surface area contributed by atoms with Crippen LogP contribution in [-0.4, -0.2) is 46.5 Å². The third-order valence-corrected chi connectivity index (χ3v) is 6.83. The highest BCUT2D eigenvalue weighted by Gasteiger charge is 2.21. The zero-order valence-electron chi connectivity index (χ0n) is 17.5. The predicted octanol–water partition coefficient (Wildman–Crippen LogP) is 2.68. The Hall–Kier alpha value is -3.11. The molecule has 1 aromatic heterocycles. The fraction of sp³-hybridized carbons (Fsp3) is 0.286. The van der Waals surface area contributed by atoms with Crippen LogP contribution >= 0.6 is 0 Å². The van der Waals surface area contributed by atoms with Gasteiger partial charge in [0, 0.05) is 19.6 Å². The molecule has 1 heterocycles. The molecule has 3 rings (SSSR count).